The van der Waals surface area contributed by atoms with Crippen LogP contribution in [0.1, 0.15) is 38.3 Å². The standard InChI is InChI=1S/C18H24F3NO5S/c1-17(2,3)27-16(25)22-14(15(23)24)9-11-28(26)10-8-12-6-4-5-7-13(12)18(19,20)21/h4-7,14H,8-11H2,1-3H3,(H,22,25)(H,23,24)/t14-,28-/m0/s1. The molecule has 0 radical (unpaired) electrons. The van der Waals surface area contributed by atoms with Gasteiger partial charge in [0.1, 0.15) is 11.6 Å². The van der Waals surface area contributed by atoms with Crippen LogP contribution in [0.3, 0.4) is 0 Å². The molecule has 1 aromatic rings. The van der Waals surface area contributed by atoms with Crippen LogP contribution in [0.4, 0.5) is 18.0 Å². The van der Waals surface area contributed by atoms with Crippen molar-refractivity contribution in [3.8, 4) is 0 Å². The second-order valence-corrected chi connectivity index (χ2v) is 8.77. The predicted molar refractivity (Wildman–Crippen MR) is 98.4 cm³/mol. The minimum absolute atomic E-state index is 0.0324. The number of carbonyl (C=O) groups excluding carboxylic acids is 1. The highest BCUT2D eigenvalue weighted by Gasteiger charge is 2.32. The Morgan fingerprint density at radius 1 is 1.18 bits per heavy atom. The summed E-state index contributed by atoms with van der Waals surface area (Å²) in [7, 11) is -1.55. The van der Waals surface area contributed by atoms with Crippen LogP contribution in [-0.2, 0) is 32.9 Å². The molecule has 158 valence electrons. The highest BCUT2D eigenvalue weighted by molar-refractivity contribution is 7.84. The van der Waals surface area contributed by atoms with E-state index in [-0.39, 0.29) is 29.9 Å². The minimum Gasteiger partial charge on any atom is -0.480 e. The molecule has 0 saturated heterocycles. The number of aliphatic carboxylic acids is 1. The van der Waals surface area contributed by atoms with Crippen LogP contribution in [0.5, 0.6) is 0 Å². The lowest BCUT2D eigenvalue weighted by Gasteiger charge is -2.22. The van der Waals surface area contributed by atoms with E-state index in [4.69, 9.17) is 4.74 Å². The molecule has 0 bridgehead atoms. The Morgan fingerprint density at radius 2 is 1.79 bits per heavy atom. The van der Waals surface area contributed by atoms with Crippen molar-refractivity contribution < 1.29 is 36.8 Å². The number of ether oxygens (including phenoxy) is 1. The van der Waals surface area contributed by atoms with E-state index < -0.39 is 46.2 Å². The Bertz CT molecular complexity index is 716. The molecule has 28 heavy (non-hydrogen) atoms. The smallest absolute Gasteiger partial charge is 0.416 e. The number of nitrogens with one attached hydrogen (secondary N) is 1. The summed E-state index contributed by atoms with van der Waals surface area (Å²) < 4.78 is 56.0. The molecule has 0 spiro atoms. The van der Waals surface area contributed by atoms with Crippen LogP contribution in [0.2, 0.25) is 0 Å². The van der Waals surface area contributed by atoms with Gasteiger partial charge in [-0.25, -0.2) is 9.59 Å². The number of rotatable bonds is 8. The molecular formula is C18H24F3NO5S. The van der Waals surface area contributed by atoms with Gasteiger partial charge in [-0.15, -0.1) is 0 Å². The van der Waals surface area contributed by atoms with Crippen molar-refractivity contribution >= 4 is 22.9 Å². The van der Waals surface area contributed by atoms with E-state index in [9.17, 15) is 32.1 Å². The molecule has 0 aliphatic heterocycles. The average Bonchev–Trinajstić information content (AvgIpc) is 2.54. The summed E-state index contributed by atoms with van der Waals surface area (Å²) >= 11 is 0. The molecule has 0 aliphatic rings. The fourth-order valence-electron chi connectivity index (χ4n) is 2.30. The number of hydrogen-bond acceptors (Lipinski definition) is 4. The first-order valence-corrected chi connectivity index (χ1v) is 10.0. The van der Waals surface area contributed by atoms with Gasteiger partial charge < -0.3 is 15.2 Å². The highest BCUT2D eigenvalue weighted by Crippen LogP contribution is 2.32. The number of aryl methyl sites for hydroxylation is 1. The quantitative estimate of drug-likeness (QED) is 0.669. The van der Waals surface area contributed by atoms with Gasteiger partial charge >= 0.3 is 18.2 Å². The third kappa shape index (κ3) is 8.73. The summed E-state index contributed by atoms with van der Waals surface area (Å²) in [5.74, 6) is -1.45. The number of benzene rings is 1. The van der Waals surface area contributed by atoms with Crippen LogP contribution in [0.25, 0.3) is 0 Å². The monoisotopic (exact) mass is 423 g/mol. The lowest BCUT2D eigenvalue weighted by atomic mass is 10.1. The molecule has 1 rings (SSSR count). The van der Waals surface area contributed by atoms with E-state index in [0.29, 0.717) is 0 Å². The van der Waals surface area contributed by atoms with Gasteiger partial charge in [-0.3, -0.25) is 4.21 Å². The highest BCUT2D eigenvalue weighted by atomic mass is 32.2. The molecular weight excluding hydrogens is 399 g/mol. The van der Waals surface area contributed by atoms with Crippen molar-refractivity contribution in [3.63, 3.8) is 0 Å². The number of hydrogen-bond donors (Lipinski definition) is 2. The fourth-order valence-corrected chi connectivity index (χ4v) is 3.45. The van der Waals surface area contributed by atoms with Crippen molar-refractivity contribution in [2.45, 2.75) is 51.4 Å². The average molecular weight is 423 g/mol. The Morgan fingerprint density at radius 3 is 2.32 bits per heavy atom. The lowest BCUT2D eigenvalue weighted by Crippen LogP contribution is -2.44. The lowest BCUT2D eigenvalue weighted by molar-refractivity contribution is -0.139. The molecule has 0 fully saturated rings. The second kappa shape index (κ2) is 9.90. The van der Waals surface area contributed by atoms with Crippen molar-refractivity contribution in [1.82, 2.24) is 5.32 Å². The van der Waals surface area contributed by atoms with Crippen molar-refractivity contribution in [2.75, 3.05) is 11.5 Å². The van der Waals surface area contributed by atoms with E-state index in [1.54, 1.807) is 20.8 Å². The summed E-state index contributed by atoms with van der Waals surface area (Å²) in [6, 6.07) is 3.73. The molecule has 0 aliphatic carbocycles. The van der Waals surface area contributed by atoms with Gasteiger partial charge in [0.05, 0.1) is 5.56 Å². The molecule has 0 heterocycles. The Hall–Kier alpha value is -2.10. The van der Waals surface area contributed by atoms with Gasteiger partial charge in [0.2, 0.25) is 0 Å². The molecule has 1 amide bonds. The first-order valence-electron chi connectivity index (χ1n) is 8.52. The number of alkyl carbamates (subject to hydrolysis) is 1. The molecule has 0 unspecified atom stereocenters. The van der Waals surface area contributed by atoms with Gasteiger partial charge in [0, 0.05) is 22.3 Å². The second-order valence-electron chi connectivity index (χ2n) is 7.08. The van der Waals surface area contributed by atoms with Crippen molar-refractivity contribution in [1.29, 1.82) is 0 Å². The zero-order valence-corrected chi connectivity index (χ0v) is 16.7. The topological polar surface area (TPSA) is 92.7 Å². The maximum Gasteiger partial charge on any atom is 0.416 e. The third-order valence-electron chi connectivity index (χ3n) is 3.55. The van der Waals surface area contributed by atoms with Crippen LogP contribution in [0.15, 0.2) is 24.3 Å². The van der Waals surface area contributed by atoms with Crippen molar-refractivity contribution in [3.05, 3.63) is 35.4 Å². The van der Waals surface area contributed by atoms with E-state index in [1.165, 1.54) is 18.2 Å². The van der Waals surface area contributed by atoms with Gasteiger partial charge in [0.25, 0.3) is 0 Å². The van der Waals surface area contributed by atoms with E-state index in [1.807, 2.05) is 0 Å². The largest absolute Gasteiger partial charge is 0.480 e. The number of carboxylic acid groups (broad SMARTS) is 1. The Balaban J connectivity index is 2.59. The van der Waals surface area contributed by atoms with Gasteiger partial charge in [-0.1, -0.05) is 18.2 Å². The van der Waals surface area contributed by atoms with E-state index >= 15 is 0 Å². The third-order valence-corrected chi connectivity index (χ3v) is 4.90. The number of amides is 1. The molecule has 6 nitrogen and oxygen atoms in total. The normalized spacial score (nSPS) is 14.2. The summed E-state index contributed by atoms with van der Waals surface area (Å²) in [6.07, 6.45) is -5.60. The molecule has 2 atom stereocenters. The first kappa shape index (κ1) is 23.9. The van der Waals surface area contributed by atoms with Crippen LogP contribution < -0.4 is 5.32 Å². The summed E-state index contributed by atoms with van der Waals surface area (Å²) in [5, 5.41) is 11.4. The predicted octanol–water partition coefficient (Wildman–Crippen LogP) is 3.36. The maximum atomic E-state index is 13.0. The first-order chi connectivity index (χ1) is 12.8. The molecule has 0 aromatic heterocycles. The van der Waals surface area contributed by atoms with Crippen LogP contribution in [0, 0.1) is 0 Å². The fraction of sp³-hybridized carbons (Fsp3) is 0.556. The minimum atomic E-state index is -4.50. The van der Waals surface area contributed by atoms with Crippen molar-refractivity contribution in [2.24, 2.45) is 0 Å². The number of halogens is 3. The van der Waals surface area contributed by atoms with E-state index in [0.717, 1.165) is 6.07 Å². The van der Waals surface area contributed by atoms with Gasteiger partial charge in [-0.05, 0) is 45.2 Å². The van der Waals surface area contributed by atoms with Gasteiger partial charge in [-0.2, -0.15) is 13.2 Å². The summed E-state index contributed by atoms with van der Waals surface area (Å²) in [4.78, 5) is 22.9. The van der Waals surface area contributed by atoms with E-state index in [2.05, 4.69) is 5.32 Å². The number of carboxylic acids is 1. The SMILES string of the molecule is CC(C)(C)OC(=O)N[C@@H](CC[S@@](=O)CCc1ccccc1C(F)(F)F)C(=O)O. The number of carbonyl (C=O) groups is 2. The summed E-state index contributed by atoms with van der Waals surface area (Å²) in [6.45, 7) is 4.86. The molecule has 1 aromatic carbocycles. The number of alkyl halides is 3. The summed E-state index contributed by atoms with van der Waals surface area (Å²) in [5.41, 5.74) is -1.55. The zero-order chi connectivity index (χ0) is 21.5. The zero-order valence-electron chi connectivity index (χ0n) is 15.8. The van der Waals surface area contributed by atoms with Crippen LogP contribution >= 0.6 is 0 Å². The molecule has 10 heteroatoms. The van der Waals surface area contributed by atoms with Crippen LogP contribution in [-0.4, -0.2) is 44.5 Å². The molecule has 2 N–H and O–H groups in total. The maximum absolute atomic E-state index is 13.0. The Kier molecular flexibility index (Phi) is 8.47. The molecule has 0 saturated carbocycles. The van der Waals surface area contributed by atoms with Gasteiger partial charge in [0.15, 0.2) is 0 Å². The Labute approximate surface area is 163 Å².